The third-order valence-electron chi connectivity index (χ3n) is 10.4. The number of phosphoric acid groups is 1. The van der Waals surface area contributed by atoms with Crippen molar-refractivity contribution in [1.29, 1.82) is 0 Å². The summed E-state index contributed by atoms with van der Waals surface area (Å²) in [6, 6.07) is 0. The van der Waals surface area contributed by atoms with Gasteiger partial charge in [0, 0.05) is 12.8 Å². The number of carbonyl (C=O) groups excluding carboxylic acids is 2. The molecule has 368 valence electrons. The second-order valence-corrected chi connectivity index (χ2v) is 19.2. The number of likely N-dealkylation sites (N-methyl/N-ethyl adjacent to an activating group) is 1. The Kier molecular flexibility index (Phi) is 43.4. The van der Waals surface area contributed by atoms with E-state index in [-0.39, 0.29) is 26.1 Å². The fourth-order valence-corrected chi connectivity index (χ4v) is 7.19. The van der Waals surface area contributed by atoms with Crippen LogP contribution in [-0.4, -0.2) is 70.0 Å². The molecule has 0 fully saturated rings. The van der Waals surface area contributed by atoms with Gasteiger partial charge in [0.2, 0.25) is 0 Å². The van der Waals surface area contributed by atoms with Gasteiger partial charge >= 0.3 is 11.9 Å². The maximum atomic E-state index is 12.7. The number of hydrogen-bond donors (Lipinski definition) is 0. The lowest BCUT2D eigenvalue weighted by Crippen LogP contribution is -2.37. The molecule has 0 N–H and O–H groups in total. The zero-order valence-electron chi connectivity index (χ0n) is 41.4. The minimum absolute atomic E-state index is 0.0366. The van der Waals surface area contributed by atoms with Gasteiger partial charge in [-0.05, 0) is 83.5 Å². The van der Waals surface area contributed by atoms with Gasteiger partial charge in [-0.1, -0.05) is 182 Å². The standard InChI is InChI=1S/C54H94NO8P/c1-6-8-10-12-14-16-18-19-20-21-22-23-24-25-26-27-28-29-30-31-32-33-34-35-37-39-41-43-45-47-54(57)63-52(51-62-64(58,59)61-49-48-55(3,4)5)50-60-53(56)46-44-42-40-38-36-17-15-13-11-9-7-2/h8,10,13-16,19-20,22-23,25-26,28-29,52H,6-7,9,11-12,17-18,21,24,27,30-51H2,1-5H3/b10-8-,15-13-,16-14-,20-19-,23-22-,26-25-,29-28-. The Morgan fingerprint density at radius 3 is 1.34 bits per heavy atom. The third-order valence-corrected chi connectivity index (χ3v) is 11.4. The van der Waals surface area contributed by atoms with E-state index < -0.39 is 32.5 Å². The summed E-state index contributed by atoms with van der Waals surface area (Å²) in [4.78, 5) is 37.6. The van der Waals surface area contributed by atoms with Crippen molar-refractivity contribution in [3.63, 3.8) is 0 Å². The first-order valence-electron chi connectivity index (χ1n) is 25.3. The molecule has 10 heteroatoms. The topological polar surface area (TPSA) is 111 Å². The summed E-state index contributed by atoms with van der Waals surface area (Å²) in [5.74, 6) is -0.856. The highest BCUT2D eigenvalue weighted by Crippen LogP contribution is 2.38. The number of hydrogen-bond acceptors (Lipinski definition) is 8. The van der Waals surface area contributed by atoms with Gasteiger partial charge in [-0.3, -0.25) is 14.2 Å². The summed E-state index contributed by atoms with van der Waals surface area (Å²) in [5.41, 5.74) is 0. The van der Waals surface area contributed by atoms with E-state index in [0.29, 0.717) is 23.9 Å². The number of esters is 2. The van der Waals surface area contributed by atoms with Crippen molar-refractivity contribution in [2.45, 2.75) is 200 Å². The Morgan fingerprint density at radius 1 is 0.500 bits per heavy atom. The molecule has 0 aliphatic heterocycles. The van der Waals surface area contributed by atoms with Crippen molar-refractivity contribution >= 4 is 19.8 Å². The van der Waals surface area contributed by atoms with E-state index in [9.17, 15) is 19.0 Å². The van der Waals surface area contributed by atoms with Gasteiger partial charge in [0.15, 0.2) is 6.10 Å². The molecule has 0 amide bonds. The van der Waals surface area contributed by atoms with Gasteiger partial charge in [0.25, 0.3) is 7.82 Å². The Hall–Kier alpha value is -2.81. The summed E-state index contributed by atoms with van der Waals surface area (Å²) >= 11 is 0. The predicted molar refractivity (Wildman–Crippen MR) is 268 cm³/mol. The smallest absolute Gasteiger partial charge is 0.306 e. The van der Waals surface area contributed by atoms with Crippen LogP contribution in [0.1, 0.15) is 194 Å². The van der Waals surface area contributed by atoms with Crippen LogP contribution < -0.4 is 4.89 Å². The molecule has 0 aromatic carbocycles. The lowest BCUT2D eigenvalue weighted by atomic mass is 10.0. The van der Waals surface area contributed by atoms with Gasteiger partial charge in [-0.2, -0.15) is 0 Å². The lowest BCUT2D eigenvalue weighted by Gasteiger charge is -2.28. The molecule has 0 aromatic heterocycles. The molecule has 0 heterocycles. The number of nitrogens with zero attached hydrogens (tertiary/aromatic N) is 1. The van der Waals surface area contributed by atoms with Crippen LogP contribution >= 0.6 is 7.82 Å². The zero-order valence-corrected chi connectivity index (χ0v) is 42.3. The van der Waals surface area contributed by atoms with Gasteiger partial charge in [0.1, 0.15) is 19.8 Å². The molecule has 0 spiro atoms. The highest BCUT2D eigenvalue weighted by atomic mass is 31.2. The zero-order chi connectivity index (χ0) is 47.1. The van der Waals surface area contributed by atoms with Crippen molar-refractivity contribution in [1.82, 2.24) is 0 Å². The van der Waals surface area contributed by atoms with Gasteiger partial charge in [-0.15, -0.1) is 0 Å². The monoisotopic (exact) mass is 916 g/mol. The first kappa shape index (κ1) is 61.2. The third kappa shape index (κ3) is 48.6. The highest BCUT2D eigenvalue weighted by molar-refractivity contribution is 7.45. The number of unbranched alkanes of at least 4 members (excludes halogenated alkanes) is 17. The van der Waals surface area contributed by atoms with E-state index in [4.69, 9.17) is 18.5 Å². The van der Waals surface area contributed by atoms with Crippen molar-refractivity contribution < 1.29 is 42.1 Å². The van der Waals surface area contributed by atoms with E-state index in [1.165, 1.54) is 51.4 Å². The van der Waals surface area contributed by atoms with Crippen molar-refractivity contribution in [3.8, 4) is 0 Å². The maximum Gasteiger partial charge on any atom is 0.306 e. The molecule has 2 unspecified atom stereocenters. The van der Waals surface area contributed by atoms with Crippen LogP contribution in [0.2, 0.25) is 0 Å². The van der Waals surface area contributed by atoms with E-state index >= 15 is 0 Å². The summed E-state index contributed by atoms with van der Waals surface area (Å²) in [5, 5.41) is 0. The Balaban J connectivity index is 4.18. The molecule has 0 bridgehead atoms. The van der Waals surface area contributed by atoms with Crippen LogP contribution in [0.5, 0.6) is 0 Å². The molecule has 0 aliphatic carbocycles. The minimum atomic E-state index is -4.63. The first-order valence-corrected chi connectivity index (χ1v) is 26.8. The Labute approximate surface area is 392 Å². The molecule has 64 heavy (non-hydrogen) atoms. The molecular formula is C54H94NO8P. The molecule has 0 radical (unpaired) electrons. The fourth-order valence-electron chi connectivity index (χ4n) is 6.46. The van der Waals surface area contributed by atoms with Crippen LogP contribution in [0.25, 0.3) is 0 Å². The van der Waals surface area contributed by atoms with Crippen LogP contribution in [0.3, 0.4) is 0 Å². The number of phosphoric ester groups is 1. The van der Waals surface area contributed by atoms with Crippen LogP contribution in [0, 0.1) is 0 Å². The molecule has 0 saturated carbocycles. The number of quaternary nitrogens is 1. The second kappa shape index (κ2) is 45.4. The summed E-state index contributed by atoms with van der Waals surface area (Å²) in [6.45, 7) is 4.05. The van der Waals surface area contributed by atoms with Crippen molar-refractivity contribution in [2.24, 2.45) is 0 Å². The molecule has 0 rings (SSSR count). The average molecular weight is 916 g/mol. The van der Waals surface area contributed by atoms with E-state index in [2.05, 4.69) is 98.9 Å². The van der Waals surface area contributed by atoms with Crippen LogP contribution in [0.4, 0.5) is 0 Å². The number of allylic oxidation sites excluding steroid dienone is 14. The van der Waals surface area contributed by atoms with Gasteiger partial charge in [-0.25, -0.2) is 0 Å². The number of carbonyl (C=O) groups is 2. The molecule has 0 aliphatic rings. The number of ether oxygens (including phenoxy) is 2. The molecule has 0 aromatic rings. The summed E-state index contributed by atoms with van der Waals surface area (Å²) in [6.07, 6.45) is 59.1. The molecule has 2 atom stereocenters. The number of rotatable bonds is 45. The maximum absolute atomic E-state index is 12.7. The van der Waals surface area contributed by atoms with E-state index in [1.54, 1.807) is 0 Å². The minimum Gasteiger partial charge on any atom is -0.756 e. The normalized spacial score (nSPS) is 14.2. The second-order valence-electron chi connectivity index (χ2n) is 17.8. The quantitative estimate of drug-likeness (QED) is 0.0195. The highest BCUT2D eigenvalue weighted by Gasteiger charge is 2.21. The largest absolute Gasteiger partial charge is 0.756 e. The molecule has 0 saturated heterocycles. The van der Waals surface area contributed by atoms with Crippen molar-refractivity contribution in [2.75, 3.05) is 47.5 Å². The first-order chi connectivity index (χ1) is 31.0. The lowest BCUT2D eigenvalue weighted by molar-refractivity contribution is -0.870. The predicted octanol–water partition coefficient (Wildman–Crippen LogP) is 14.5. The molecule has 9 nitrogen and oxygen atoms in total. The van der Waals surface area contributed by atoms with Gasteiger partial charge < -0.3 is 27.9 Å². The summed E-state index contributed by atoms with van der Waals surface area (Å²) in [7, 11) is 1.15. The Morgan fingerprint density at radius 2 is 0.891 bits per heavy atom. The average Bonchev–Trinajstić information content (AvgIpc) is 3.25. The van der Waals surface area contributed by atoms with E-state index in [1.807, 2.05) is 21.1 Å². The van der Waals surface area contributed by atoms with Gasteiger partial charge in [0.05, 0.1) is 27.7 Å². The van der Waals surface area contributed by atoms with E-state index in [0.717, 1.165) is 103 Å². The van der Waals surface area contributed by atoms with Crippen molar-refractivity contribution in [3.05, 3.63) is 85.1 Å². The molecular weight excluding hydrogens is 822 g/mol. The SMILES string of the molecule is CC/C=C\C/C=C\C/C=C\C/C=C\C/C=C\C/C=C\CCCCCCCCCCCCC(=O)OC(COC(=O)CCCCCCC/C=C\CCCC)COP(=O)([O-])OCC[N+](C)(C)C. The summed E-state index contributed by atoms with van der Waals surface area (Å²) < 4.78 is 33.9. The van der Waals surface area contributed by atoms with Crippen LogP contribution in [0.15, 0.2) is 85.1 Å². The fraction of sp³-hybridized carbons (Fsp3) is 0.704. The van der Waals surface area contributed by atoms with Crippen LogP contribution in [-0.2, 0) is 32.7 Å². The Bertz CT molecular complexity index is 1360.